The summed E-state index contributed by atoms with van der Waals surface area (Å²) in [7, 11) is 0. The molecule has 0 bridgehead atoms. The maximum atomic E-state index is 6.53. The van der Waals surface area contributed by atoms with Gasteiger partial charge in [0.05, 0.1) is 0 Å². The van der Waals surface area contributed by atoms with Gasteiger partial charge in [-0.3, -0.25) is 0 Å². The molecule has 3 aromatic carbocycles. The third-order valence-corrected chi connectivity index (χ3v) is 5.23. The Hall–Kier alpha value is -2.28. The van der Waals surface area contributed by atoms with Crippen LogP contribution in [0.3, 0.4) is 0 Å². The molecule has 122 valence electrons. The second-order valence-electron chi connectivity index (χ2n) is 7.20. The van der Waals surface area contributed by atoms with Gasteiger partial charge in [-0.05, 0) is 54.8 Å². The lowest BCUT2D eigenvalue weighted by atomic mass is 9.83. The molecular formula is C23H24O. The molecule has 0 atom stereocenters. The fourth-order valence-electron chi connectivity index (χ4n) is 3.75. The maximum Gasteiger partial charge on any atom is 0.136 e. The molecule has 1 aliphatic heterocycles. The highest BCUT2D eigenvalue weighted by atomic mass is 16.5. The van der Waals surface area contributed by atoms with E-state index in [1.807, 2.05) is 0 Å². The molecule has 0 radical (unpaired) electrons. The second kappa shape index (κ2) is 5.37. The zero-order valence-electron chi connectivity index (χ0n) is 14.9. The standard InChI is InChI=1S/C23H24O/c1-5-15-7-10-18-17(13-15)9-12-20-19-11-8-16(6-2)14-21(19)23(3,4)24-22(18)20/h7-14H,5-6H2,1-4H3. The van der Waals surface area contributed by atoms with E-state index in [9.17, 15) is 0 Å². The number of fused-ring (bicyclic) bond motifs is 5. The van der Waals surface area contributed by atoms with Crippen molar-refractivity contribution in [3.8, 4) is 16.9 Å². The van der Waals surface area contributed by atoms with Crippen LogP contribution in [0.2, 0.25) is 0 Å². The molecule has 4 rings (SSSR count). The van der Waals surface area contributed by atoms with Crippen molar-refractivity contribution in [2.24, 2.45) is 0 Å². The number of rotatable bonds is 2. The predicted octanol–water partition coefficient (Wildman–Crippen LogP) is 6.26. The summed E-state index contributed by atoms with van der Waals surface area (Å²) in [6.45, 7) is 8.74. The number of ether oxygens (including phenoxy) is 1. The van der Waals surface area contributed by atoms with Crippen LogP contribution in [0.15, 0.2) is 48.5 Å². The molecule has 0 aliphatic carbocycles. The Balaban J connectivity index is 2.00. The average molecular weight is 316 g/mol. The minimum atomic E-state index is -0.314. The molecule has 0 spiro atoms. The molecular weight excluding hydrogens is 292 g/mol. The van der Waals surface area contributed by atoms with Crippen molar-refractivity contribution >= 4 is 10.8 Å². The van der Waals surface area contributed by atoms with Crippen molar-refractivity contribution in [1.82, 2.24) is 0 Å². The number of hydrogen-bond acceptors (Lipinski definition) is 1. The molecule has 0 fully saturated rings. The zero-order chi connectivity index (χ0) is 16.9. The van der Waals surface area contributed by atoms with E-state index in [4.69, 9.17) is 4.74 Å². The molecule has 1 aliphatic rings. The fraction of sp³-hybridized carbons (Fsp3) is 0.304. The van der Waals surface area contributed by atoms with Crippen molar-refractivity contribution in [2.75, 3.05) is 0 Å². The molecule has 0 N–H and O–H groups in total. The molecule has 0 saturated heterocycles. The van der Waals surface area contributed by atoms with E-state index < -0.39 is 0 Å². The minimum absolute atomic E-state index is 0.314. The van der Waals surface area contributed by atoms with Crippen LogP contribution < -0.4 is 4.74 Å². The van der Waals surface area contributed by atoms with Crippen LogP contribution in [0.1, 0.15) is 44.4 Å². The maximum absolute atomic E-state index is 6.53. The molecule has 1 heteroatoms. The van der Waals surface area contributed by atoms with E-state index in [0.29, 0.717) is 0 Å². The first-order valence-corrected chi connectivity index (χ1v) is 8.92. The van der Waals surface area contributed by atoms with E-state index in [1.54, 1.807) is 0 Å². The Morgan fingerprint density at radius 3 is 2.21 bits per heavy atom. The van der Waals surface area contributed by atoms with Gasteiger partial charge >= 0.3 is 0 Å². The summed E-state index contributed by atoms with van der Waals surface area (Å²) in [5.41, 5.74) is 6.22. The first-order valence-electron chi connectivity index (χ1n) is 8.92. The Bertz CT molecular complexity index is 934. The lowest BCUT2D eigenvalue weighted by Crippen LogP contribution is -2.29. The molecule has 3 aromatic rings. The van der Waals surface area contributed by atoms with Crippen LogP contribution in [0.5, 0.6) is 5.75 Å². The monoisotopic (exact) mass is 316 g/mol. The van der Waals surface area contributed by atoms with Gasteiger partial charge in [-0.15, -0.1) is 0 Å². The first-order chi connectivity index (χ1) is 11.5. The van der Waals surface area contributed by atoms with Crippen molar-refractivity contribution in [2.45, 2.75) is 46.1 Å². The summed E-state index contributed by atoms with van der Waals surface area (Å²) < 4.78 is 6.53. The van der Waals surface area contributed by atoms with Gasteiger partial charge in [-0.25, -0.2) is 0 Å². The summed E-state index contributed by atoms with van der Waals surface area (Å²) in [4.78, 5) is 0. The molecule has 1 heterocycles. The van der Waals surface area contributed by atoms with Crippen LogP contribution >= 0.6 is 0 Å². The molecule has 0 unspecified atom stereocenters. The van der Waals surface area contributed by atoms with Gasteiger partial charge in [0.2, 0.25) is 0 Å². The van der Waals surface area contributed by atoms with E-state index >= 15 is 0 Å². The molecule has 0 aromatic heterocycles. The van der Waals surface area contributed by atoms with Crippen molar-refractivity contribution in [3.63, 3.8) is 0 Å². The quantitative estimate of drug-likeness (QED) is 0.542. The van der Waals surface area contributed by atoms with E-state index in [2.05, 4.69) is 76.2 Å². The van der Waals surface area contributed by atoms with Crippen LogP contribution in [-0.4, -0.2) is 0 Å². The Morgan fingerprint density at radius 2 is 1.46 bits per heavy atom. The van der Waals surface area contributed by atoms with E-state index in [0.717, 1.165) is 18.6 Å². The van der Waals surface area contributed by atoms with Gasteiger partial charge in [0.15, 0.2) is 0 Å². The van der Waals surface area contributed by atoms with Crippen molar-refractivity contribution < 1.29 is 4.74 Å². The first kappa shape index (κ1) is 15.3. The molecule has 0 amide bonds. The Labute approximate surface area is 144 Å². The smallest absolute Gasteiger partial charge is 0.136 e. The summed E-state index contributed by atoms with van der Waals surface area (Å²) in [6, 6.07) is 18.0. The van der Waals surface area contributed by atoms with Gasteiger partial charge in [0.1, 0.15) is 11.4 Å². The highest BCUT2D eigenvalue weighted by Crippen LogP contribution is 2.48. The van der Waals surface area contributed by atoms with E-state index in [1.165, 1.54) is 38.6 Å². The summed E-state index contributed by atoms with van der Waals surface area (Å²) in [5.74, 6) is 1.02. The minimum Gasteiger partial charge on any atom is -0.482 e. The molecule has 0 saturated carbocycles. The summed E-state index contributed by atoms with van der Waals surface area (Å²) >= 11 is 0. The third-order valence-electron chi connectivity index (χ3n) is 5.23. The van der Waals surface area contributed by atoms with Gasteiger partial charge in [-0.1, -0.05) is 56.3 Å². The van der Waals surface area contributed by atoms with Gasteiger partial charge in [-0.2, -0.15) is 0 Å². The van der Waals surface area contributed by atoms with Crippen LogP contribution in [0.25, 0.3) is 21.9 Å². The molecule has 1 nitrogen and oxygen atoms in total. The van der Waals surface area contributed by atoms with Gasteiger partial charge in [0, 0.05) is 16.5 Å². The number of hydrogen-bond donors (Lipinski definition) is 0. The van der Waals surface area contributed by atoms with Crippen LogP contribution in [0, 0.1) is 0 Å². The van der Waals surface area contributed by atoms with Crippen molar-refractivity contribution in [1.29, 1.82) is 0 Å². The highest BCUT2D eigenvalue weighted by Gasteiger charge is 2.33. The second-order valence-corrected chi connectivity index (χ2v) is 7.20. The summed E-state index contributed by atoms with van der Waals surface area (Å²) in [5, 5.41) is 2.47. The zero-order valence-corrected chi connectivity index (χ0v) is 14.9. The largest absolute Gasteiger partial charge is 0.482 e. The number of aryl methyl sites for hydroxylation is 2. The number of benzene rings is 3. The topological polar surface area (TPSA) is 9.23 Å². The fourth-order valence-corrected chi connectivity index (χ4v) is 3.75. The summed E-state index contributed by atoms with van der Waals surface area (Å²) in [6.07, 6.45) is 2.11. The predicted molar refractivity (Wildman–Crippen MR) is 102 cm³/mol. The van der Waals surface area contributed by atoms with E-state index in [-0.39, 0.29) is 5.60 Å². The molecule has 24 heavy (non-hydrogen) atoms. The Morgan fingerprint density at radius 1 is 0.792 bits per heavy atom. The lowest BCUT2D eigenvalue weighted by molar-refractivity contribution is 0.108. The SMILES string of the molecule is CCc1ccc2c(c1)C(C)(C)Oc1c-2ccc2cc(CC)ccc12. The van der Waals surface area contributed by atoms with Crippen molar-refractivity contribution in [3.05, 3.63) is 65.2 Å². The van der Waals surface area contributed by atoms with Crippen LogP contribution in [-0.2, 0) is 18.4 Å². The van der Waals surface area contributed by atoms with Crippen LogP contribution in [0.4, 0.5) is 0 Å². The van der Waals surface area contributed by atoms with Gasteiger partial charge in [0.25, 0.3) is 0 Å². The Kier molecular flexibility index (Phi) is 3.42. The normalized spacial score (nSPS) is 14.8. The highest BCUT2D eigenvalue weighted by molar-refractivity contribution is 5.97. The average Bonchev–Trinajstić information content (AvgIpc) is 2.60. The lowest BCUT2D eigenvalue weighted by Gasteiger charge is -2.36. The third kappa shape index (κ3) is 2.23. The van der Waals surface area contributed by atoms with Gasteiger partial charge < -0.3 is 4.74 Å².